The van der Waals surface area contributed by atoms with Crippen LogP contribution in [0.2, 0.25) is 5.02 Å². The highest BCUT2D eigenvalue weighted by atomic mass is 35.5. The zero-order valence-corrected chi connectivity index (χ0v) is 12.7. The van der Waals surface area contributed by atoms with Crippen LogP contribution in [0.25, 0.3) is 10.9 Å². The van der Waals surface area contributed by atoms with Crippen LogP contribution in [-0.4, -0.2) is 41.5 Å². The second-order valence-electron chi connectivity index (χ2n) is 5.12. The molecule has 1 aromatic carbocycles. The molecule has 0 aliphatic rings. The Kier molecular flexibility index (Phi) is 4.75. The number of halogens is 1. The van der Waals surface area contributed by atoms with Crippen LogP contribution in [0.5, 0.6) is 0 Å². The second-order valence-corrected chi connectivity index (χ2v) is 5.55. The van der Waals surface area contributed by atoms with Gasteiger partial charge in [-0.1, -0.05) is 11.6 Å². The van der Waals surface area contributed by atoms with Gasteiger partial charge in [-0.15, -0.1) is 0 Å². The van der Waals surface area contributed by atoms with Crippen molar-refractivity contribution in [3.8, 4) is 0 Å². The molecule has 108 valence electrons. The maximum Gasteiger partial charge on any atom is 0.258 e. The smallest absolute Gasteiger partial charge is 0.258 e. The molecule has 1 aromatic heterocycles. The lowest BCUT2D eigenvalue weighted by Gasteiger charge is -2.19. The topological polar surface area (TPSA) is 61.0 Å². The van der Waals surface area contributed by atoms with Crippen molar-refractivity contribution in [3.05, 3.63) is 39.4 Å². The van der Waals surface area contributed by atoms with E-state index in [4.69, 9.17) is 11.6 Å². The number of benzene rings is 1. The molecular weight excluding hydrogens is 276 g/mol. The molecule has 0 aliphatic heterocycles. The average molecular weight is 295 g/mol. The Labute approximate surface area is 123 Å². The first-order valence-corrected chi connectivity index (χ1v) is 6.91. The molecule has 1 unspecified atom stereocenters. The monoisotopic (exact) mass is 294 g/mol. The Hall–Kier alpha value is -1.43. The van der Waals surface area contributed by atoms with E-state index in [0.717, 1.165) is 6.54 Å². The summed E-state index contributed by atoms with van der Waals surface area (Å²) in [5.41, 5.74) is 0.489. The molecule has 0 saturated heterocycles. The summed E-state index contributed by atoms with van der Waals surface area (Å²) in [6.45, 7) is 3.48. The molecule has 0 aliphatic carbocycles. The number of hydrogen-bond donors (Lipinski definition) is 2. The third kappa shape index (κ3) is 3.56. The standard InChI is InChI=1S/C14H19ClN4O/c1-9(19(2)3)7-16-8-13-17-12-6-10(15)4-5-11(12)14(20)18-13/h4-6,9,16H,7-8H2,1-3H3,(H,17,18,20). The van der Waals surface area contributed by atoms with E-state index in [9.17, 15) is 4.79 Å². The molecule has 5 nitrogen and oxygen atoms in total. The predicted octanol–water partition coefficient (Wildman–Crippen LogP) is 1.62. The molecule has 6 heteroatoms. The molecule has 20 heavy (non-hydrogen) atoms. The highest BCUT2D eigenvalue weighted by Crippen LogP contribution is 2.14. The molecule has 1 atom stereocenters. The van der Waals surface area contributed by atoms with E-state index in [2.05, 4.69) is 27.1 Å². The van der Waals surface area contributed by atoms with Crippen LogP contribution < -0.4 is 10.9 Å². The predicted molar refractivity (Wildman–Crippen MR) is 82.2 cm³/mol. The Balaban J connectivity index is 2.13. The normalized spacial score (nSPS) is 13.1. The van der Waals surface area contributed by atoms with Crippen molar-refractivity contribution in [2.24, 2.45) is 0 Å². The fraction of sp³-hybridized carbons (Fsp3) is 0.429. The van der Waals surface area contributed by atoms with Gasteiger partial charge in [-0.2, -0.15) is 0 Å². The zero-order valence-electron chi connectivity index (χ0n) is 11.9. The van der Waals surface area contributed by atoms with Crippen molar-refractivity contribution in [2.75, 3.05) is 20.6 Å². The third-order valence-corrected chi connectivity index (χ3v) is 3.57. The number of aromatic amines is 1. The quantitative estimate of drug-likeness (QED) is 0.880. The van der Waals surface area contributed by atoms with Gasteiger partial charge >= 0.3 is 0 Å². The van der Waals surface area contributed by atoms with Crippen LogP contribution in [0, 0.1) is 0 Å². The first-order valence-electron chi connectivity index (χ1n) is 6.53. The lowest BCUT2D eigenvalue weighted by molar-refractivity contribution is 0.302. The number of hydrogen-bond acceptors (Lipinski definition) is 4. The van der Waals surface area contributed by atoms with Crippen LogP contribution in [0.15, 0.2) is 23.0 Å². The molecule has 2 rings (SSSR count). The van der Waals surface area contributed by atoms with Crippen molar-refractivity contribution in [1.82, 2.24) is 20.2 Å². The van der Waals surface area contributed by atoms with Gasteiger partial charge < -0.3 is 15.2 Å². The van der Waals surface area contributed by atoms with Crippen LogP contribution in [-0.2, 0) is 6.54 Å². The van der Waals surface area contributed by atoms with Gasteiger partial charge in [0, 0.05) is 17.6 Å². The average Bonchev–Trinajstić information content (AvgIpc) is 2.37. The van der Waals surface area contributed by atoms with Crippen molar-refractivity contribution < 1.29 is 0 Å². The van der Waals surface area contributed by atoms with Crippen LogP contribution in [0.3, 0.4) is 0 Å². The summed E-state index contributed by atoms with van der Waals surface area (Å²) in [6, 6.07) is 5.50. The number of likely N-dealkylation sites (N-methyl/N-ethyl adjacent to an activating group) is 1. The summed E-state index contributed by atoms with van der Waals surface area (Å²) < 4.78 is 0. The van der Waals surface area contributed by atoms with Crippen LogP contribution >= 0.6 is 11.6 Å². The van der Waals surface area contributed by atoms with Crippen molar-refractivity contribution in [1.29, 1.82) is 0 Å². The van der Waals surface area contributed by atoms with Gasteiger partial charge in [0.05, 0.1) is 17.4 Å². The van der Waals surface area contributed by atoms with E-state index in [1.54, 1.807) is 18.2 Å². The molecule has 2 N–H and O–H groups in total. The van der Waals surface area contributed by atoms with Crippen molar-refractivity contribution >= 4 is 22.5 Å². The Morgan fingerprint density at radius 2 is 2.20 bits per heavy atom. The molecule has 0 amide bonds. The van der Waals surface area contributed by atoms with Gasteiger partial charge in [0.25, 0.3) is 5.56 Å². The Morgan fingerprint density at radius 1 is 1.45 bits per heavy atom. The van der Waals surface area contributed by atoms with Gasteiger partial charge in [0.2, 0.25) is 0 Å². The zero-order chi connectivity index (χ0) is 14.7. The van der Waals surface area contributed by atoms with Gasteiger partial charge in [-0.05, 0) is 39.2 Å². The van der Waals surface area contributed by atoms with E-state index in [1.807, 2.05) is 14.1 Å². The number of nitrogens with one attached hydrogen (secondary N) is 2. The van der Waals surface area contributed by atoms with Gasteiger partial charge in [0.15, 0.2) is 0 Å². The van der Waals surface area contributed by atoms with E-state index in [-0.39, 0.29) is 5.56 Å². The summed E-state index contributed by atoms with van der Waals surface area (Å²) in [4.78, 5) is 21.3. The van der Waals surface area contributed by atoms with Gasteiger partial charge in [-0.25, -0.2) is 4.98 Å². The minimum atomic E-state index is -0.135. The summed E-state index contributed by atoms with van der Waals surface area (Å²) >= 11 is 5.93. The lowest BCUT2D eigenvalue weighted by atomic mass is 10.2. The molecular formula is C14H19ClN4O. The number of nitrogens with zero attached hydrogens (tertiary/aromatic N) is 2. The Morgan fingerprint density at radius 3 is 2.90 bits per heavy atom. The fourth-order valence-corrected chi connectivity index (χ4v) is 1.99. The molecule has 0 radical (unpaired) electrons. The molecule has 0 bridgehead atoms. The van der Waals surface area contributed by atoms with E-state index < -0.39 is 0 Å². The van der Waals surface area contributed by atoms with Crippen molar-refractivity contribution in [2.45, 2.75) is 19.5 Å². The summed E-state index contributed by atoms with van der Waals surface area (Å²) in [5.74, 6) is 0.621. The van der Waals surface area contributed by atoms with E-state index >= 15 is 0 Å². The number of fused-ring (bicyclic) bond motifs is 1. The fourth-order valence-electron chi connectivity index (χ4n) is 1.83. The molecule has 0 spiro atoms. The summed E-state index contributed by atoms with van der Waals surface area (Å²) in [7, 11) is 4.06. The maximum absolute atomic E-state index is 11.9. The highest BCUT2D eigenvalue weighted by molar-refractivity contribution is 6.31. The number of H-pyrrole nitrogens is 1. The lowest BCUT2D eigenvalue weighted by Crippen LogP contribution is -2.35. The SMILES string of the molecule is CC(CNCc1nc2cc(Cl)ccc2c(=O)[nH]1)N(C)C. The molecule has 2 aromatic rings. The molecule has 0 saturated carbocycles. The van der Waals surface area contributed by atoms with Gasteiger partial charge in [0.1, 0.15) is 5.82 Å². The first kappa shape index (κ1) is 15.0. The summed E-state index contributed by atoms with van der Waals surface area (Å²) in [6.07, 6.45) is 0. The number of rotatable bonds is 5. The molecule has 0 fully saturated rings. The van der Waals surface area contributed by atoms with Crippen LogP contribution in [0.4, 0.5) is 0 Å². The van der Waals surface area contributed by atoms with Gasteiger partial charge in [-0.3, -0.25) is 4.79 Å². The van der Waals surface area contributed by atoms with E-state index in [1.165, 1.54) is 0 Å². The Bertz CT molecular complexity index is 653. The minimum absolute atomic E-state index is 0.135. The highest BCUT2D eigenvalue weighted by Gasteiger charge is 2.06. The number of aromatic nitrogens is 2. The van der Waals surface area contributed by atoms with Crippen molar-refractivity contribution in [3.63, 3.8) is 0 Å². The van der Waals surface area contributed by atoms with Crippen LogP contribution in [0.1, 0.15) is 12.7 Å². The third-order valence-electron chi connectivity index (χ3n) is 3.33. The summed E-state index contributed by atoms with van der Waals surface area (Å²) in [5, 5.41) is 4.42. The molecule has 1 heterocycles. The van der Waals surface area contributed by atoms with E-state index in [0.29, 0.717) is 34.3 Å². The maximum atomic E-state index is 11.9. The minimum Gasteiger partial charge on any atom is -0.309 e. The largest absolute Gasteiger partial charge is 0.309 e. The first-order chi connectivity index (χ1) is 9.47. The second kappa shape index (κ2) is 6.35.